The van der Waals surface area contributed by atoms with Gasteiger partial charge in [-0.2, -0.15) is 0 Å². The number of hydrogen-bond donors (Lipinski definition) is 0. The second kappa shape index (κ2) is 3.90. The summed E-state index contributed by atoms with van der Waals surface area (Å²) in [5, 5.41) is 8.33. The van der Waals surface area contributed by atoms with Crippen molar-refractivity contribution in [1.29, 1.82) is 0 Å². The fraction of sp³-hybridized carbons (Fsp3) is 0.0769. The molecule has 17 heavy (non-hydrogen) atoms. The Morgan fingerprint density at radius 3 is 2.59 bits per heavy atom. The first kappa shape index (κ1) is 9.84. The van der Waals surface area contributed by atoms with E-state index in [9.17, 15) is 0 Å². The largest absolute Gasteiger partial charge is 0.495 e. The first-order chi connectivity index (χ1) is 8.38. The normalized spacial score (nSPS) is 10.6. The maximum absolute atomic E-state index is 5.21. The second-order valence-corrected chi connectivity index (χ2v) is 3.69. The Bertz CT molecular complexity index is 646. The average Bonchev–Trinajstić information content (AvgIpc) is 2.82. The zero-order valence-electron chi connectivity index (χ0n) is 9.37. The van der Waals surface area contributed by atoms with Gasteiger partial charge in [-0.25, -0.2) is 0 Å². The van der Waals surface area contributed by atoms with Crippen LogP contribution in [-0.2, 0) is 0 Å². The van der Waals surface area contributed by atoms with Crippen molar-refractivity contribution in [3.63, 3.8) is 0 Å². The zero-order chi connectivity index (χ0) is 11.7. The third-order valence-corrected chi connectivity index (χ3v) is 2.64. The van der Waals surface area contributed by atoms with Gasteiger partial charge in [0.25, 0.3) is 0 Å². The maximum atomic E-state index is 5.21. The lowest BCUT2D eigenvalue weighted by molar-refractivity contribution is 0.412. The summed E-state index contributed by atoms with van der Waals surface area (Å²) in [7, 11) is 1.65. The lowest BCUT2D eigenvalue weighted by atomic mass is 10.2. The van der Waals surface area contributed by atoms with Crippen molar-refractivity contribution >= 4 is 5.65 Å². The number of methoxy groups -OCH3 is 1. The number of nitrogens with zero attached hydrogens (tertiary/aromatic N) is 3. The third kappa shape index (κ3) is 1.63. The number of aromatic nitrogens is 3. The molecular formula is C13H11N3O. The van der Waals surface area contributed by atoms with Crippen LogP contribution in [0.3, 0.4) is 0 Å². The molecule has 0 N–H and O–H groups in total. The van der Waals surface area contributed by atoms with Gasteiger partial charge in [-0.15, -0.1) is 10.2 Å². The Kier molecular flexibility index (Phi) is 2.26. The molecule has 0 amide bonds. The highest BCUT2D eigenvalue weighted by Gasteiger charge is 2.07. The predicted molar refractivity (Wildman–Crippen MR) is 65.0 cm³/mol. The number of ether oxygens (including phenoxy) is 1. The van der Waals surface area contributed by atoms with E-state index in [0.29, 0.717) is 0 Å². The van der Waals surface area contributed by atoms with Gasteiger partial charge in [0.2, 0.25) is 0 Å². The van der Waals surface area contributed by atoms with Crippen LogP contribution in [0.5, 0.6) is 5.75 Å². The van der Waals surface area contributed by atoms with E-state index in [1.807, 2.05) is 53.1 Å². The minimum absolute atomic E-state index is 0.787. The van der Waals surface area contributed by atoms with Crippen LogP contribution in [0.1, 0.15) is 0 Å². The summed E-state index contributed by atoms with van der Waals surface area (Å²) >= 11 is 0. The Balaban J connectivity index is 2.23. The SMILES string of the molecule is COc1ccc2nnc(-c3ccccc3)n2c1. The molecule has 0 atom stereocenters. The fourth-order valence-electron chi connectivity index (χ4n) is 1.78. The lowest BCUT2D eigenvalue weighted by Gasteiger charge is -2.02. The summed E-state index contributed by atoms with van der Waals surface area (Å²) in [6.45, 7) is 0. The predicted octanol–water partition coefficient (Wildman–Crippen LogP) is 2.40. The van der Waals surface area contributed by atoms with Crippen LogP contribution in [0.25, 0.3) is 17.0 Å². The Labute approximate surface area is 98.5 Å². The molecule has 0 saturated heterocycles. The Morgan fingerprint density at radius 1 is 1.00 bits per heavy atom. The first-order valence-corrected chi connectivity index (χ1v) is 5.33. The van der Waals surface area contributed by atoms with Crippen molar-refractivity contribution in [3.05, 3.63) is 48.7 Å². The molecule has 4 nitrogen and oxygen atoms in total. The summed E-state index contributed by atoms with van der Waals surface area (Å²) in [6.07, 6.45) is 1.89. The number of benzene rings is 1. The number of rotatable bonds is 2. The van der Waals surface area contributed by atoms with Crippen molar-refractivity contribution < 1.29 is 4.74 Å². The third-order valence-electron chi connectivity index (χ3n) is 2.64. The summed E-state index contributed by atoms with van der Waals surface area (Å²) in [6, 6.07) is 13.7. The van der Waals surface area contributed by atoms with E-state index in [2.05, 4.69) is 10.2 Å². The van der Waals surface area contributed by atoms with Gasteiger partial charge in [0.05, 0.1) is 13.3 Å². The summed E-state index contributed by atoms with van der Waals surface area (Å²) in [5.41, 5.74) is 1.85. The molecule has 4 heteroatoms. The van der Waals surface area contributed by atoms with Gasteiger partial charge in [0.1, 0.15) is 5.75 Å². The van der Waals surface area contributed by atoms with Crippen molar-refractivity contribution in [3.8, 4) is 17.1 Å². The second-order valence-electron chi connectivity index (χ2n) is 3.69. The average molecular weight is 225 g/mol. The summed E-state index contributed by atoms with van der Waals surface area (Å²) < 4.78 is 7.13. The van der Waals surface area contributed by atoms with Crippen molar-refractivity contribution in [1.82, 2.24) is 14.6 Å². The highest BCUT2D eigenvalue weighted by molar-refractivity contribution is 5.59. The molecule has 1 aromatic carbocycles. The van der Waals surface area contributed by atoms with Gasteiger partial charge in [-0.05, 0) is 12.1 Å². The molecule has 3 aromatic rings. The maximum Gasteiger partial charge on any atom is 0.168 e. The van der Waals surface area contributed by atoms with Crippen molar-refractivity contribution in [2.75, 3.05) is 7.11 Å². The Morgan fingerprint density at radius 2 is 1.82 bits per heavy atom. The zero-order valence-corrected chi connectivity index (χ0v) is 9.37. The van der Waals surface area contributed by atoms with E-state index in [4.69, 9.17) is 4.74 Å². The summed E-state index contributed by atoms with van der Waals surface area (Å²) in [5.74, 6) is 1.61. The molecule has 0 bridgehead atoms. The molecular weight excluding hydrogens is 214 g/mol. The van der Waals surface area contributed by atoms with Crippen LogP contribution in [0, 0.1) is 0 Å². The van der Waals surface area contributed by atoms with Crippen LogP contribution < -0.4 is 4.74 Å². The van der Waals surface area contributed by atoms with Crippen LogP contribution in [-0.4, -0.2) is 21.7 Å². The fourth-order valence-corrected chi connectivity index (χ4v) is 1.78. The molecule has 3 rings (SSSR count). The van der Waals surface area contributed by atoms with Gasteiger partial charge in [-0.3, -0.25) is 4.40 Å². The van der Waals surface area contributed by atoms with Gasteiger partial charge in [0, 0.05) is 5.56 Å². The molecule has 0 aliphatic rings. The highest BCUT2D eigenvalue weighted by atomic mass is 16.5. The van der Waals surface area contributed by atoms with E-state index < -0.39 is 0 Å². The van der Waals surface area contributed by atoms with Crippen molar-refractivity contribution in [2.45, 2.75) is 0 Å². The molecule has 0 unspecified atom stereocenters. The van der Waals surface area contributed by atoms with Gasteiger partial charge < -0.3 is 4.74 Å². The number of pyridine rings is 1. The Hall–Kier alpha value is -2.36. The van der Waals surface area contributed by atoms with E-state index in [1.165, 1.54) is 0 Å². The van der Waals surface area contributed by atoms with E-state index in [0.717, 1.165) is 22.8 Å². The molecule has 0 aliphatic carbocycles. The highest BCUT2D eigenvalue weighted by Crippen LogP contribution is 2.20. The van der Waals surface area contributed by atoms with Crippen LogP contribution in [0.2, 0.25) is 0 Å². The molecule has 0 saturated carbocycles. The van der Waals surface area contributed by atoms with Gasteiger partial charge in [-0.1, -0.05) is 30.3 Å². The smallest absolute Gasteiger partial charge is 0.168 e. The van der Waals surface area contributed by atoms with Gasteiger partial charge >= 0.3 is 0 Å². The summed E-state index contributed by atoms with van der Waals surface area (Å²) in [4.78, 5) is 0. The first-order valence-electron chi connectivity index (χ1n) is 5.33. The van der Waals surface area contributed by atoms with E-state index in [-0.39, 0.29) is 0 Å². The molecule has 2 heterocycles. The standard InChI is InChI=1S/C13H11N3O/c1-17-11-7-8-12-14-15-13(16(12)9-11)10-5-3-2-4-6-10/h2-9H,1H3. The van der Waals surface area contributed by atoms with Crippen LogP contribution >= 0.6 is 0 Å². The lowest BCUT2D eigenvalue weighted by Crippen LogP contribution is -1.91. The monoisotopic (exact) mass is 225 g/mol. The molecule has 2 aromatic heterocycles. The molecule has 0 fully saturated rings. The molecule has 0 aliphatic heterocycles. The quantitative estimate of drug-likeness (QED) is 0.672. The van der Waals surface area contributed by atoms with E-state index in [1.54, 1.807) is 7.11 Å². The van der Waals surface area contributed by atoms with E-state index >= 15 is 0 Å². The van der Waals surface area contributed by atoms with Crippen LogP contribution in [0.15, 0.2) is 48.7 Å². The minimum atomic E-state index is 0.787. The molecule has 0 radical (unpaired) electrons. The number of hydrogen-bond acceptors (Lipinski definition) is 3. The minimum Gasteiger partial charge on any atom is -0.495 e. The van der Waals surface area contributed by atoms with Crippen molar-refractivity contribution in [2.24, 2.45) is 0 Å². The van der Waals surface area contributed by atoms with Gasteiger partial charge in [0.15, 0.2) is 11.5 Å². The number of fused-ring (bicyclic) bond motifs is 1. The van der Waals surface area contributed by atoms with Crippen LogP contribution in [0.4, 0.5) is 0 Å². The molecule has 84 valence electrons. The topological polar surface area (TPSA) is 39.4 Å². The molecule has 0 spiro atoms.